The molecule has 0 saturated carbocycles. The largest absolute Gasteiger partial charge is 0.398 e. The molecule has 0 spiro atoms. The molecule has 0 saturated heterocycles. The van der Waals surface area contributed by atoms with Crippen molar-refractivity contribution in [3.05, 3.63) is 23.8 Å². The Hall–Kier alpha value is -1.18. The Kier molecular flexibility index (Phi) is 1.91. The van der Waals surface area contributed by atoms with E-state index in [4.69, 9.17) is 5.73 Å². The lowest BCUT2D eigenvalue weighted by molar-refractivity contribution is 0.553. The van der Waals surface area contributed by atoms with Gasteiger partial charge in [-0.1, -0.05) is 13.0 Å². The maximum absolute atomic E-state index is 5.94. The third kappa shape index (κ3) is 1.37. The molecular formula is C11H16N2. The first-order valence-electron chi connectivity index (χ1n) is 4.77. The van der Waals surface area contributed by atoms with E-state index in [9.17, 15) is 0 Å². The van der Waals surface area contributed by atoms with E-state index in [1.165, 1.54) is 11.3 Å². The Labute approximate surface area is 79.4 Å². The van der Waals surface area contributed by atoms with Crippen molar-refractivity contribution in [2.75, 3.05) is 24.2 Å². The maximum atomic E-state index is 5.94. The first-order valence-corrected chi connectivity index (χ1v) is 4.77. The second-order valence-electron chi connectivity index (χ2n) is 4.03. The van der Waals surface area contributed by atoms with Gasteiger partial charge in [-0.2, -0.15) is 0 Å². The summed E-state index contributed by atoms with van der Waals surface area (Å²) in [5.74, 6) is 0.710. The van der Waals surface area contributed by atoms with E-state index >= 15 is 0 Å². The molecule has 2 nitrogen and oxygen atoms in total. The second kappa shape index (κ2) is 2.95. The fraction of sp³-hybridized carbons (Fsp3) is 0.455. The van der Waals surface area contributed by atoms with E-state index in [2.05, 4.69) is 24.9 Å². The SMILES string of the molecule is CC1Cc2c(N)cccc2N(C)C1. The molecule has 2 rings (SSSR count). The molecule has 0 aliphatic carbocycles. The molecule has 0 fully saturated rings. The highest BCUT2D eigenvalue weighted by Crippen LogP contribution is 2.32. The molecule has 1 heterocycles. The number of anilines is 2. The molecule has 1 unspecified atom stereocenters. The monoisotopic (exact) mass is 176 g/mol. The van der Waals surface area contributed by atoms with Crippen LogP contribution in [-0.4, -0.2) is 13.6 Å². The number of benzene rings is 1. The summed E-state index contributed by atoms with van der Waals surface area (Å²) < 4.78 is 0. The predicted molar refractivity (Wildman–Crippen MR) is 57.0 cm³/mol. The summed E-state index contributed by atoms with van der Waals surface area (Å²) in [6.07, 6.45) is 1.12. The standard InChI is InChI=1S/C11H16N2/c1-8-6-9-10(12)4-3-5-11(9)13(2)7-8/h3-5,8H,6-7,12H2,1-2H3. The number of nitrogen functional groups attached to an aromatic ring is 1. The van der Waals surface area contributed by atoms with Crippen LogP contribution in [-0.2, 0) is 6.42 Å². The van der Waals surface area contributed by atoms with E-state index in [0.717, 1.165) is 18.7 Å². The lowest BCUT2D eigenvalue weighted by Crippen LogP contribution is -2.31. The van der Waals surface area contributed by atoms with Crippen LogP contribution in [0.5, 0.6) is 0 Å². The van der Waals surface area contributed by atoms with Crippen LogP contribution in [0.3, 0.4) is 0 Å². The Morgan fingerprint density at radius 2 is 2.23 bits per heavy atom. The Morgan fingerprint density at radius 1 is 1.46 bits per heavy atom. The molecule has 1 aromatic carbocycles. The molecule has 0 aromatic heterocycles. The van der Waals surface area contributed by atoms with Gasteiger partial charge in [0.2, 0.25) is 0 Å². The van der Waals surface area contributed by atoms with Crippen molar-refractivity contribution in [3.8, 4) is 0 Å². The summed E-state index contributed by atoms with van der Waals surface area (Å²) in [7, 11) is 2.13. The van der Waals surface area contributed by atoms with E-state index in [1.54, 1.807) is 0 Å². The lowest BCUT2D eigenvalue weighted by Gasteiger charge is -2.32. The molecule has 1 atom stereocenters. The van der Waals surface area contributed by atoms with Crippen LogP contribution < -0.4 is 10.6 Å². The highest BCUT2D eigenvalue weighted by Gasteiger charge is 2.20. The zero-order valence-electron chi connectivity index (χ0n) is 8.25. The quantitative estimate of drug-likeness (QED) is 0.612. The van der Waals surface area contributed by atoms with Crippen LogP contribution in [0.25, 0.3) is 0 Å². The van der Waals surface area contributed by atoms with Gasteiger partial charge >= 0.3 is 0 Å². The summed E-state index contributed by atoms with van der Waals surface area (Å²) in [5, 5.41) is 0. The number of hydrogen-bond acceptors (Lipinski definition) is 2. The number of nitrogens with two attached hydrogens (primary N) is 1. The molecule has 0 bridgehead atoms. The van der Waals surface area contributed by atoms with Crippen molar-refractivity contribution in [1.82, 2.24) is 0 Å². The smallest absolute Gasteiger partial charge is 0.0417 e. The van der Waals surface area contributed by atoms with Gasteiger partial charge in [-0.3, -0.25) is 0 Å². The summed E-state index contributed by atoms with van der Waals surface area (Å²) >= 11 is 0. The summed E-state index contributed by atoms with van der Waals surface area (Å²) in [4.78, 5) is 2.29. The van der Waals surface area contributed by atoms with Gasteiger partial charge in [0.15, 0.2) is 0 Å². The van der Waals surface area contributed by atoms with Crippen LogP contribution in [0.15, 0.2) is 18.2 Å². The molecule has 0 radical (unpaired) electrons. The summed E-state index contributed by atoms with van der Waals surface area (Å²) in [6.45, 7) is 3.41. The molecule has 1 aliphatic rings. The van der Waals surface area contributed by atoms with Gasteiger partial charge < -0.3 is 10.6 Å². The third-order valence-corrected chi connectivity index (χ3v) is 2.74. The Balaban J connectivity index is 2.49. The highest BCUT2D eigenvalue weighted by molar-refractivity contribution is 5.66. The van der Waals surface area contributed by atoms with Gasteiger partial charge in [0, 0.05) is 25.0 Å². The molecule has 1 aliphatic heterocycles. The number of hydrogen-bond donors (Lipinski definition) is 1. The van der Waals surface area contributed by atoms with Gasteiger partial charge in [0.1, 0.15) is 0 Å². The first kappa shape index (κ1) is 8.42. The zero-order valence-corrected chi connectivity index (χ0v) is 8.25. The zero-order chi connectivity index (χ0) is 9.42. The minimum absolute atomic E-state index is 0.710. The average Bonchev–Trinajstić information content (AvgIpc) is 2.07. The highest BCUT2D eigenvalue weighted by atomic mass is 15.1. The molecule has 2 heteroatoms. The van der Waals surface area contributed by atoms with E-state index in [1.807, 2.05) is 12.1 Å². The Bertz CT molecular complexity index is 320. The van der Waals surface area contributed by atoms with Crippen molar-refractivity contribution in [3.63, 3.8) is 0 Å². The van der Waals surface area contributed by atoms with E-state index in [-0.39, 0.29) is 0 Å². The number of nitrogens with zero attached hydrogens (tertiary/aromatic N) is 1. The maximum Gasteiger partial charge on any atom is 0.0417 e. The van der Waals surface area contributed by atoms with Gasteiger partial charge in [0.05, 0.1) is 0 Å². The van der Waals surface area contributed by atoms with Crippen LogP contribution in [0.1, 0.15) is 12.5 Å². The van der Waals surface area contributed by atoms with Crippen LogP contribution in [0, 0.1) is 5.92 Å². The van der Waals surface area contributed by atoms with Crippen LogP contribution in [0.2, 0.25) is 0 Å². The number of fused-ring (bicyclic) bond motifs is 1. The van der Waals surface area contributed by atoms with Gasteiger partial charge in [-0.15, -0.1) is 0 Å². The van der Waals surface area contributed by atoms with Crippen molar-refractivity contribution < 1.29 is 0 Å². The summed E-state index contributed by atoms with van der Waals surface area (Å²) in [6, 6.07) is 6.17. The topological polar surface area (TPSA) is 29.3 Å². The fourth-order valence-corrected chi connectivity index (χ4v) is 2.15. The average molecular weight is 176 g/mol. The van der Waals surface area contributed by atoms with Gasteiger partial charge in [-0.25, -0.2) is 0 Å². The van der Waals surface area contributed by atoms with Crippen molar-refractivity contribution in [2.24, 2.45) is 5.92 Å². The van der Waals surface area contributed by atoms with Crippen molar-refractivity contribution in [1.29, 1.82) is 0 Å². The van der Waals surface area contributed by atoms with Crippen LogP contribution >= 0.6 is 0 Å². The second-order valence-corrected chi connectivity index (χ2v) is 4.03. The number of rotatable bonds is 0. The molecule has 1 aromatic rings. The molecular weight excluding hydrogens is 160 g/mol. The molecule has 0 amide bonds. The molecule has 2 N–H and O–H groups in total. The summed E-state index contributed by atoms with van der Waals surface area (Å²) in [5.41, 5.74) is 9.51. The van der Waals surface area contributed by atoms with Crippen molar-refractivity contribution >= 4 is 11.4 Å². The minimum atomic E-state index is 0.710. The van der Waals surface area contributed by atoms with Crippen molar-refractivity contribution in [2.45, 2.75) is 13.3 Å². The minimum Gasteiger partial charge on any atom is -0.398 e. The third-order valence-electron chi connectivity index (χ3n) is 2.74. The van der Waals surface area contributed by atoms with Gasteiger partial charge in [0.25, 0.3) is 0 Å². The van der Waals surface area contributed by atoms with Gasteiger partial charge in [-0.05, 0) is 30.0 Å². The van der Waals surface area contributed by atoms with Crippen LogP contribution in [0.4, 0.5) is 11.4 Å². The first-order chi connectivity index (χ1) is 6.18. The molecule has 70 valence electrons. The van der Waals surface area contributed by atoms with E-state index in [0.29, 0.717) is 5.92 Å². The van der Waals surface area contributed by atoms with E-state index < -0.39 is 0 Å². The molecule has 13 heavy (non-hydrogen) atoms. The predicted octanol–water partition coefficient (Wildman–Crippen LogP) is 1.90. The Morgan fingerprint density at radius 3 is 3.00 bits per heavy atom. The lowest BCUT2D eigenvalue weighted by atomic mass is 9.93. The normalized spacial score (nSPS) is 21.4. The fourth-order valence-electron chi connectivity index (χ4n) is 2.15.